The first-order chi connectivity index (χ1) is 12.6. The third kappa shape index (κ3) is 4.41. The van der Waals surface area contributed by atoms with Gasteiger partial charge in [-0.3, -0.25) is 4.79 Å². The Balaban J connectivity index is 1.69. The normalized spacial score (nSPS) is 10.4. The third-order valence-electron chi connectivity index (χ3n) is 3.86. The molecule has 0 bridgehead atoms. The highest BCUT2D eigenvalue weighted by Crippen LogP contribution is 2.21. The summed E-state index contributed by atoms with van der Waals surface area (Å²) < 4.78 is 19.6. The van der Waals surface area contributed by atoms with Gasteiger partial charge in [0.15, 0.2) is 0 Å². The topological polar surface area (TPSA) is 38.3 Å². The van der Waals surface area contributed by atoms with Crippen LogP contribution in [0.4, 0.5) is 4.39 Å². The third-order valence-corrected chi connectivity index (χ3v) is 4.21. The highest BCUT2D eigenvalue weighted by atomic mass is 35.5. The number of hydrogen-bond acceptors (Lipinski definition) is 2. The first kappa shape index (κ1) is 18.0. The van der Waals surface area contributed by atoms with Gasteiger partial charge in [-0.25, -0.2) is 4.39 Å². The van der Waals surface area contributed by atoms with Crippen molar-refractivity contribution in [3.63, 3.8) is 0 Å². The zero-order valence-corrected chi connectivity index (χ0v) is 14.7. The summed E-state index contributed by atoms with van der Waals surface area (Å²) >= 11 is 5.99. The summed E-state index contributed by atoms with van der Waals surface area (Å²) in [5, 5.41) is 2.97. The van der Waals surface area contributed by atoms with E-state index in [1.165, 1.54) is 12.1 Å². The molecule has 5 heteroatoms. The molecule has 0 spiro atoms. The molecule has 0 aromatic heterocycles. The maximum Gasteiger partial charge on any atom is 0.255 e. The van der Waals surface area contributed by atoms with E-state index in [0.717, 1.165) is 5.56 Å². The summed E-state index contributed by atoms with van der Waals surface area (Å²) in [5.74, 6) is -0.340. The molecule has 1 N–H and O–H groups in total. The minimum atomic E-state index is -0.452. The number of amides is 1. The van der Waals surface area contributed by atoms with Gasteiger partial charge in [-0.15, -0.1) is 0 Å². The molecule has 0 aliphatic carbocycles. The maximum atomic E-state index is 13.8. The number of halogens is 2. The summed E-state index contributed by atoms with van der Waals surface area (Å²) in [5.41, 5.74) is 1.64. The minimum absolute atomic E-state index is 0.00262. The largest absolute Gasteiger partial charge is 0.488 e. The summed E-state index contributed by atoms with van der Waals surface area (Å²) in [6, 6.07) is 21.0. The van der Waals surface area contributed by atoms with Crippen LogP contribution in [0.15, 0.2) is 72.8 Å². The predicted octanol–water partition coefficient (Wildman–Crippen LogP) is 4.99. The minimum Gasteiger partial charge on any atom is -0.488 e. The quantitative estimate of drug-likeness (QED) is 0.664. The lowest BCUT2D eigenvalue weighted by atomic mass is 10.1. The van der Waals surface area contributed by atoms with E-state index in [1.54, 1.807) is 30.3 Å². The fourth-order valence-corrected chi connectivity index (χ4v) is 2.71. The summed E-state index contributed by atoms with van der Waals surface area (Å²) in [4.78, 5) is 12.5. The van der Waals surface area contributed by atoms with Crippen LogP contribution in [0, 0.1) is 5.82 Å². The van der Waals surface area contributed by atoms with Gasteiger partial charge in [0.05, 0.1) is 5.56 Å². The van der Waals surface area contributed by atoms with Crippen molar-refractivity contribution in [1.29, 1.82) is 0 Å². The Bertz CT molecular complexity index is 879. The van der Waals surface area contributed by atoms with E-state index < -0.39 is 5.82 Å². The van der Waals surface area contributed by atoms with E-state index in [-0.39, 0.29) is 23.0 Å². The first-order valence-corrected chi connectivity index (χ1v) is 8.50. The van der Waals surface area contributed by atoms with Crippen molar-refractivity contribution in [1.82, 2.24) is 5.32 Å². The fraction of sp³-hybridized carbons (Fsp3) is 0.0952. The van der Waals surface area contributed by atoms with Gasteiger partial charge in [0.1, 0.15) is 18.2 Å². The Morgan fingerprint density at radius 3 is 2.46 bits per heavy atom. The summed E-state index contributed by atoms with van der Waals surface area (Å²) in [6.07, 6.45) is 0. The van der Waals surface area contributed by atoms with Crippen molar-refractivity contribution in [2.75, 3.05) is 0 Å². The molecule has 0 saturated heterocycles. The second-order valence-electron chi connectivity index (χ2n) is 5.65. The lowest BCUT2D eigenvalue weighted by molar-refractivity contribution is 0.0946. The van der Waals surface area contributed by atoms with Gasteiger partial charge in [0, 0.05) is 17.1 Å². The number of rotatable bonds is 6. The highest BCUT2D eigenvalue weighted by molar-refractivity contribution is 6.31. The molecular formula is C21H17ClFNO2. The van der Waals surface area contributed by atoms with E-state index in [9.17, 15) is 9.18 Å². The molecule has 0 atom stereocenters. The first-order valence-electron chi connectivity index (χ1n) is 8.12. The Labute approximate surface area is 156 Å². The Kier molecular flexibility index (Phi) is 5.87. The smallest absolute Gasteiger partial charge is 0.255 e. The van der Waals surface area contributed by atoms with Crippen LogP contribution in [0.1, 0.15) is 21.5 Å². The molecule has 0 radical (unpaired) electrons. The standard InChI is InChI=1S/C21H17ClFNO2/c22-18-10-6-11-19(23)17(18)13-24-21(25)16-9-4-5-12-20(16)26-14-15-7-2-1-3-8-15/h1-12H,13-14H2,(H,24,25). The van der Waals surface area contributed by atoms with E-state index in [4.69, 9.17) is 16.3 Å². The lowest BCUT2D eigenvalue weighted by Gasteiger charge is -2.12. The molecule has 0 unspecified atom stereocenters. The second kappa shape index (κ2) is 8.50. The molecule has 0 aliphatic rings. The average Bonchev–Trinajstić information content (AvgIpc) is 2.67. The molecule has 3 aromatic carbocycles. The molecule has 132 valence electrons. The SMILES string of the molecule is O=C(NCc1c(F)cccc1Cl)c1ccccc1OCc1ccccc1. The van der Waals surface area contributed by atoms with Crippen LogP contribution in [0.3, 0.4) is 0 Å². The van der Waals surface area contributed by atoms with Crippen LogP contribution in [0.5, 0.6) is 5.75 Å². The molecule has 26 heavy (non-hydrogen) atoms. The van der Waals surface area contributed by atoms with Gasteiger partial charge in [-0.05, 0) is 29.8 Å². The lowest BCUT2D eigenvalue weighted by Crippen LogP contribution is -2.24. The molecule has 0 aliphatic heterocycles. The van der Waals surface area contributed by atoms with Crippen LogP contribution in [-0.2, 0) is 13.2 Å². The van der Waals surface area contributed by atoms with Crippen molar-refractivity contribution >= 4 is 17.5 Å². The monoisotopic (exact) mass is 369 g/mol. The fourth-order valence-electron chi connectivity index (χ4n) is 2.48. The molecular weight excluding hydrogens is 353 g/mol. The van der Waals surface area contributed by atoms with Gasteiger partial charge in [-0.2, -0.15) is 0 Å². The highest BCUT2D eigenvalue weighted by Gasteiger charge is 2.14. The van der Waals surface area contributed by atoms with E-state index >= 15 is 0 Å². The molecule has 3 nitrogen and oxygen atoms in total. The van der Waals surface area contributed by atoms with Gasteiger partial charge in [0.2, 0.25) is 0 Å². The number of carbonyl (C=O) groups is 1. The number of nitrogens with one attached hydrogen (secondary N) is 1. The second-order valence-corrected chi connectivity index (χ2v) is 6.06. The zero-order valence-electron chi connectivity index (χ0n) is 13.9. The van der Waals surface area contributed by atoms with Crippen LogP contribution in [0.2, 0.25) is 5.02 Å². The molecule has 3 rings (SSSR count). The summed E-state index contributed by atoms with van der Waals surface area (Å²) in [7, 11) is 0. The summed E-state index contributed by atoms with van der Waals surface area (Å²) in [6.45, 7) is 0.349. The van der Waals surface area contributed by atoms with E-state index in [1.807, 2.05) is 30.3 Å². The number of para-hydroxylation sites is 1. The van der Waals surface area contributed by atoms with Gasteiger partial charge in [0.25, 0.3) is 5.91 Å². The van der Waals surface area contributed by atoms with Crippen molar-refractivity contribution < 1.29 is 13.9 Å². The average molecular weight is 370 g/mol. The van der Waals surface area contributed by atoms with Crippen LogP contribution in [0.25, 0.3) is 0 Å². The van der Waals surface area contributed by atoms with Crippen molar-refractivity contribution in [3.8, 4) is 5.75 Å². The van der Waals surface area contributed by atoms with Gasteiger partial charge >= 0.3 is 0 Å². The predicted molar refractivity (Wildman–Crippen MR) is 99.8 cm³/mol. The van der Waals surface area contributed by atoms with E-state index in [0.29, 0.717) is 17.9 Å². The zero-order chi connectivity index (χ0) is 18.4. The molecule has 0 saturated carbocycles. The van der Waals surface area contributed by atoms with Crippen LogP contribution in [-0.4, -0.2) is 5.91 Å². The number of carbonyl (C=O) groups excluding carboxylic acids is 1. The number of ether oxygens (including phenoxy) is 1. The van der Waals surface area contributed by atoms with Crippen molar-refractivity contribution in [2.24, 2.45) is 0 Å². The number of benzene rings is 3. The molecule has 0 fully saturated rings. The van der Waals surface area contributed by atoms with Gasteiger partial charge in [-0.1, -0.05) is 60.1 Å². The van der Waals surface area contributed by atoms with Gasteiger partial charge < -0.3 is 10.1 Å². The Hall–Kier alpha value is -2.85. The Morgan fingerprint density at radius 2 is 1.69 bits per heavy atom. The molecule has 0 heterocycles. The molecule has 1 amide bonds. The van der Waals surface area contributed by atoms with E-state index in [2.05, 4.69) is 5.32 Å². The van der Waals surface area contributed by atoms with Crippen LogP contribution >= 0.6 is 11.6 Å². The maximum absolute atomic E-state index is 13.8. The Morgan fingerprint density at radius 1 is 0.962 bits per heavy atom. The van der Waals surface area contributed by atoms with Crippen molar-refractivity contribution in [3.05, 3.63) is 100 Å². The van der Waals surface area contributed by atoms with Crippen molar-refractivity contribution in [2.45, 2.75) is 13.2 Å². The molecule has 3 aromatic rings. The number of hydrogen-bond donors (Lipinski definition) is 1. The van der Waals surface area contributed by atoms with Crippen LogP contribution < -0.4 is 10.1 Å².